The second-order valence-electron chi connectivity index (χ2n) is 3.17. The van der Waals surface area contributed by atoms with Crippen molar-refractivity contribution in [2.45, 2.75) is 12.5 Å². The Morgan fingerprint density at radius 2 is 1.53 bits per heavy atom. The first-order valence-corrected chi connectivity index (χ1v) is 4.55. The Bertz CT molecular complexity index is 275. The van der Waals surface area contributed by atoms with Crippen molar-refractivity contribution >= 4 is 17.9 Å². The van der Waals surface area contributed by atoms with Crippen LogP contribution in [-0.2, 0) is 19.3 Å². The zero-order chi connectivity index (χ0) is 13.4. The fraction of sp³-hybridized carbons (Fsp3) is 0.625. The molecule has 17 heavy (non-hydrogen) atoms. The largest absolute Gasteiger partial charge is 0.480 e. The van der Waals surface area contributed by atoms with E-state index >= 15 is 0 Å². The van der Waals surface area contributed by atoms with E-state index in [0.717, 1.165) is 4.90 Å². The monoisotopic (exact) mass is 251 g/mol. The predicted molar refractivity (Wildman–Crippen MR) is 51.5 cm³/mol. The Kier molecular flexibility index (Phi) is 6.79. The maximum atomic E-state index is 10.8. The summed E-state index contributed by atoms with van der Waals surface area (Å²) in [6, 6.07) is -1.35. The zero-order valence-electron chi connectivity index (χ0n) is 8.77. The third kappa shape index (κ3) is 6.45. The van der Waals surface area contributed by atoms with Gasteiger partial charge in [0.1, 0.15) is 6.04 Å². The second-order valence-corrected chi connectivity index (χ2v) is 3.17. The first-order valence-electron chi connectivity index (χ1n) is 4.55. The van der Waals surface area contributed by atoms with Crippen LogP contribution < -0.4 is 0 Å². The van der Waals surface area contributed by atoms with Crippen molar-refractivity contribution in [1.82, 2.24) is 4.90 Å². The van der Waals surface area contributed by atoms with Crippen LogP contribution in [0.5, 0.6) is 0 Å². The van der Waals surface area contributed by atoms with Gasteiger partial charge < -0.3 is 15.3 Å². The first-order chi connectivity index (χ1) is 7.88. The summed E-state index contributed by atoms with van der Waals surface area (Å²) in [5.74, 6) is -4.07. The van der Waals surface area contributed by atoms with Crippen LogP contribution in [0.3, 0.4) is 0 Å². The quantitative estimate of drug-likeness (QED) is 0.293. The van der Waals surface area contributed by atoms with Crippen LogP contribution in [-0.4, -0.2) is 69.1 Å². The number of carbonyl (C=O) groups is 3. The molecule has 0 saturated carbocycles. The lowest BCUT2D eigenvalue weighted by molar-refractivity contribution is -0.244. The average Bonchev–Trinajstić information content (AvgIpc) is 2.15. The van der Waals surface area contributed by atoms with Crippen molar-refractivity contribution in [2.75, 3.05) is 19.7 Å². The maximum absolute atomic E-state index is 10.8. The van der Waals surface area contributed by atoms with Crippen molar-refractivity contribution < 1.29 is 39.8 Å². The van der Waals surface area contributed by atoms with Crippen molar-refractivity contribution in [3.05, 3.63) is 0 Å². The number of nitrogens with zero attached hydrogens (tertiary/aromatic N) is 1. The molecule has 0 fully saturated rings. The normalized spacial score (nSPS) is 12.4. The molecule has 0 heterocycles. The number of rotatable bonds is 9. The predicted octanol–water partition coefficient (Wildman–Crippen LogP) is -1.21. The summed E-state index contributed by atoms with van der Waals surface area (Å²) in [4.78, 5) is 36.3. The van der Waals surface area contributed by atoms with E-state index in [1.807, 2.05) is 0 Å². The highest BCUT2D eigenvalue weighted by Gasteiger charge is 2.28. The highest BCUT2D eigenvalue weighted by molar-refractivity contribution is 5.78. The van der Waals surface area contributed by atoms with Gasteiger partial charge in [0.25, 0.3) is 0 Å². The van der Waals surface area contributed by atoms with E-state index in [4.69, 9.17) is 20.6 Å². The van der Waals surface area contributed by atoms with Crippen molar-refractivity contribution in [1.29, 1.82) is 0 Å². The smallest absolute Gasteiger partial charge is 0.321 e. The highest BCUT2D eigenvalue weighted by atomic mass is 17.1. The molecule has 1 atom stereocenters. The fourth-order valence-electron chi connectivity index (χ4n) is 1.25. The van der Waals surface area contributed by atoms with Gasteiger partial charge in [-0.25, -0.2) is 4.89 Å². The second kappa shape index (κ2) is 7.54. The minimum absolute atomic E-state index is 0.230. The van der Waals surface area contributed by atoms with E-state index in [-0.39, 0.29) is 13.0 Å². The minimum Gasteiger partial charge on any atom is -0.480 e. The summed E-state index contributed by atoms with van der Waals surface area (Å²) < 4.78 is 0. The SMILES string of the molecule is O=C(O)CN(CC(=O)O)C(CCOO)C(=O)O. The van der Waals surface area contributed by atoms with Crippen LogP contribution in [0.2, 0.25) is 0 Å². The molecule has 4 N–H and O–H groups in total. The lowest BCUT2D eigenvalue weighted by Gasteiger charge is -2.24. The van der Waals surface area contributed by atoms with Crippen molar-refractivity contribution in [3.8, 4) is 0 Å². The molecular formula is C8H13NO8. The molecule has 0 bridgehead atoms. The number of carboxylic acids is 3. The summed E-state index contributed by atoms with van der Waals surface area (Å²) in [5.41, 5.74) is 0. The molecular weight excluding hydrogens is 238 g/mol. The summed E-state index contributed by atoms with van der Waals surface area (Å²) >= 11 is 0. The van der Waals surface area contributed by atoms with Gasteiger partial charge in [0.05, 0.1) is 19.7 Å². The topological polar surface area (TPSA) is 145 Å². The molecule has 0 aromatic rings. The van der Waals surface area contributed by atoms with Crippen LogP contribution in [0.15, 0.2) is 0 Å². The highest BCUT2D eigenvalue weighted by Crippen LogP contribution is 2.05. The Morgan fingerprint density at radius 1 is 1.06 bits per heavy atom. The van der Waals surface area contributed by atoms with Gasteiger partial charge in [-0.3, -0.25) is 24.5 Å². The minimum atomic E-state index is -1.38. The van der Waals surface area contributed by atoms with Crippen LogP contribution in [0.25, 0.3) is 0 Å². The first kappa shape index (κ1) is 15.3. The van der Waals surface area contributed by atoms with Gasteiger partial charge in [-0.2, -0.15) is 0 Å². The molecule has 0 aromatic carbocycles. The Hall–Kier alpha value is -1.71. The van der Waals surface area contributed by atoms with Gasteiger partial charge in [-0.1, -0.05) is 0 Å². The number of aliphatic carboxylic acids is 3. The van der Waals surface area contributed by atoms with E-state index in [1.165, 1.54) is 0 Å². The van der Waals surface area contributed by atoms with E-state index in [0.29, 0.717) is 0 Å². The third-order valence-electron chi connectivity index (χ3n) is 1.89. The molecule has 0 spiro atoms. The van der Waals surface area contributed by atoms with Crippen molar-refractivity contribution in [3.63, 3.8) is 0 Å². The van der Waals surface area contributed by atoms with Crippen LogP contribution in [0.4, 0.5) is 0 Å². The fourth-order valence-corrected chi connectivity index (χ4v) is 1.25. The Balaban J connectivity index is 4.72. The number of hydrogen-bond donors (Lipinski definition) is 4. The van der Waals surface area contributed by atoms with Gasteiger partial charge in [-0.15, -0.1) is 0 Å². The van der Waals surface area contributed by atoms with Gasteiger partial charge in [-0.05, 0) is 0 Å². The van der Waals surface area contributed by atoms with Crippen LogP contribution in [0.1, 0.15) is 6.42 Å². The van der Waals surface area contributed by atoms with Crippen molar-refractivity contribution in [2.24, 2.45) is 0 Å². The lowest BCUT2D eigenvalue weighted by atomic mass is 10.2. The van der Waals surface area contributed by atoms with E-state index < -0.39 is 37.0 Å². The maximum Gasteiger partial charge on any atom is 0.321 e. The average molecular weight is 251 g/mol. The Morgan fingerprint density at radius 3 is 1.82 bits per heavy atom. The molecule has 9 heteroatoms. The molecule has 0 amide bonds. The lowest BCUT2D eigenvalue weighted by Crippen LogP contribution is -2.47. The molecule has 98 valence electrons. The molecule has 1 unspecified atom stereocenters. The molecule has 9 nitrogen and oxygen atoms in total. The van der Waals surface area contributed by atoms with Crippen LogP contribution in [0, 0.1) is 0 Å². The van der Waals surface area contributed by atoms with Gasteiger partial charge in [0.15, 0.2) is 0 Å². The van der Waals surface area contributed by atoms with Crippen LogP contribution >= 0.6 is 0 Å². The molecule has 0 aliphatic rings. The molecule has 0 aliphatic carbocycles. The Labute approximate surface area is 95.8 Å². The summed E-state index contributed by atoms with van der Waals surface area (Å²) in [6.45, 7) is -1.80. The van der Waals surface area contributed by atoms with Gasteiger partial charge >= 0.3 is 17.9 Å². The standard InChI is InChI=1S/C8H13NO8/c10-6(11)3-9(4-7(12)13)5(8(14)15)1-2-17-16/h5,16H,1-4H2,(H,10,11)(H,12,13)(H,14,15). The summed E-state index contributed by atoms with van der Waals surface area (Å²) in [5, 5.41) is 34.0. The zero-order valence-corrected chi connectivity index (χ0v) is 8.77. The molecule has 0 radical (unpaired) electrons. The molecule has 0 rings (SSSR count). The number of carboxylic acid groups (broad SMARTS) is 3. The van der Waals surface area contributed by atoms with Gasteiger partial charge in [0.2, 0.25) is 0 Å². The molecule has 0 aliphatic heterocycles. The van der Waals surface area contributed by atoms with E-state index in [2.05, 4.69) is 4.89 Å². The number of hydrogen-bond acceptors (Lipinski definition) is 6. The molecule has 0 saturated heterocycles. The molecule has 0 aromatic heterocycles. The summed E-state index contributed by atoms with van der Waals surface area (Å²) in [7, 11) is 0. The van der Waals surface area contributed by atoms with Gasteiger partial charge in [0, 0.05) is 6.42 Å². The van der Waals surface area contributed by atoms with E-state index in [9.17, 15) is 14.4 Å². The summed E-state index contributed by atoms with van der Waals surface area (Å²) in [6.07, 6.45) is -0.230. The van der Waals surface area contributed by atoms with E-state index in [1.54, 1.807) is 0 Å². The third-order valence-corrected chi connectivity index (χ3v) is 1.89.